The van der Waals surface area contributed by atoms with Crippen LogP contribution in [0.5, 0.6) is 0 Å². The van der Waals surface area contributed by atoms with Crippen molar-refractivity contribution < 1.29 is 4.79 Å². The molecule has 1 aliphatic heterocycles. The Morgan fingerprint density at radius 3 is 2.83 bits per heavy atom. The molecule has 0 spiro atoms. The summed E-state index contributed by atoms with van der Waals surface area (Å²) < 4.78 is 0. The molecule has 1 atom stereocenters. The van der Waals surface area contributed by atoms with Crippen molar-refractivity contribution in [1.29, 1.82) is 0 Å². The third-order valence-electron chi connectivity index (χ3n) is 3.22. The standard InChI is InChI=1S/C12H19N5O/c1-16(2)12(18)10-5-6-11(15-14-10)17-7-3-4-9(17)8-13/h5-6,9H,3-4,7-8,13H2,1-2H3. The smallest absolute Gasteiger partial charge is 0.273 e. The molecule has 98 valence electrons. The summed E-state index contributed by atoms with van der Waals surface area (Å²) in [7, 11) is 3.39. The normalized spacial score (nSPS) is 19.1. The quantitative estimate of drug-likeness (QED) is 0.822. The van der Waals surface area contributed by atoms with Gasteiger partial charge in [-0.2, -0.15) is 0 Å². The number of carbonyl (C=O) groups excluding carboxylic acids is 1. The monoisotopic (exact) mass is 249 g/mol. The molecule has 1 aromatic rings. The van der Waals surface area contributed by atoms with E-state index >= 15 is 0 Å². The van der Waals surface area contributed by atoms with Gasteiger partial charge in [0.05, 0.1) is 0 Å². The number of nitrogens with zero attached hydrogens (tertiary/aromatic N) is 4. The third-order valence-corrected chi connectivity index (χ3v) is 3.22. The first-order valence-corrected chi connectivity index (χ1v) is 6.15. The minimum atomic E-state index is -0.133. The molecule has 1 saturated heterocycles. The number of hydrogen-bond donors (Lipinski definition) is 1. The van der Waals surface area contributed by atoms with E-state index in [4.69, 9.17) is 5.73 Å². The molecular weight excluding hydrogens is 230 g/mol. The highest BCUT2D eigenvalue weighted by atomic mass is 16.2. The molecule has 0 saturated carbocycles. The summed E-state index contributed by atoms with van der Waals surface area (Å²) in [5.41, 5.74) is 6.10. The van der Waals surface area contributed by atoms with E-state index in [1.807, 2.05) is 6.07 Å². The molecule has 1 fully saturated rings. The predicted molar refractivity (Wildman–Crippen MR) is 69.5 cm³/mol. The maximum absolute atomic E-state index is 11.7. The molecule has 1 aromatic heterocycles. The summed E-state index contributed by atoms with van der Waals surface area (Å²) >= 11 is 0. The molecule has 0 radical (unpaired) electrons. The molecule has 2 rings (SSSR count). The molecule has 1 amide bonds. The molecule has 6 nitrogen and oxygen atoms in total. The topological polar surface area (TPSA) is 75.4 Å². The Bertz CT molecular complexity index is 417. The highest BCUT2D eigenvalue weighted by Crippen LogP contribution is 2.22. The fourth-order valence-corrected chi connectivity index (χ4v) is 2.20. The van der Waals surface area contributed by atoms with Gasteiger partial charge in [-0.25, -0.2) is 0 Å². The van der Waals surface area contributed by atoms with Crippen LogP contribution in [-0.4, -0.2) is 54.2 Å². The summed E-state index contributed by atoms with van der Waals surface area (Å²) in [4.78, 5) is 15.3. The van der Waals surface area contributed by atoms with Gasteiger partial charge in [-0.3, -0.25) is 4.79 Å². The maximum Gasteiger partial charge on any atom is 0.273 e. The van der Waals surface area contributed by atoms with Crippen molar-refractivity contribution in [3.05, 3.63) is 17.8 Å². The zero-order valence-corrected chi connectivity index (χ0v) is 10.8. The average molecular weight is 249 g/mol. The molecular formula is C12H19N5O. The number of rotatable bonds is 3. The van der Waals surface area contributed by atoms with Gasteiger partial charge in [-0.15, -0.1) is 10.2 Å². The van der Waals surface area contributed by atoms with E-state index in [1.165, 1.54) is 4.90 Å². The van der Waals surface area contributed by atoms with Gasteiger partial charge in [-0.05, 0) is 25.0 Å². The van der Waals surface area contributed by atoms with Crippen molar-refractivity contribution in [1.82, 2.24) is 15.1 Å². The molecule has 0 aliphatic carbocycles. The summed E-state index contributed by atoms with van der Waals surface area (Å²) in [6, 6.07) is 3.91. The molecule has 0 bridgehead atoms. The molecule has 1 unspecified atom stereocenters. The zero-order chi connectivity index (χ0) is 13.1. The van der Waals surface area contributed by atoms with E-state index in [1.54, 1.807) is 20.2 Å². The van der Waals surface area contributed by atoms with Crippen LogP contribution in [0.2, 0.25) is 0 Å². The van der Waals surface area contributed by atoms with Crippen LogP contribution < -0.4 is 10.6 Å². The summed E-state index contributed by atoms with van der Waals surface area (Å²) in [5, 5.41) is 8.12. The first-order chi connectivity index (χ1) is 8.63. The van der Waals surface area contributed by atoms with Gasteiger partial charge < -0.3 is 15.5 Å². The van der Waals surface area contributed by atoms with Gasteiger partial charge in [0.25, 0.3) is 5.91 Å². The lowest BCUT2D eigenvalue weighted by atomic mass is 10.2. The van der Waals surface area contributed by atoms with Gasteiger partial charge in [0.1, 0.15) is 0 Å². The number of nitrogens with two attached hydrogens (primary N) is 1. The molecule has 2 N–H and O–H groups in total. The zero-order valence-electron chi connectivity index (χ0n) is 10.8. The van der Waals surface area contributed by atoms with Gasteiger partial charge in [-0.1, -0.05) is 0 Å². The largest absolute Gasteiger partial charge is 0.351 e. The Kier molecular flexibility index (Phi) is 3.76. The Morgan fingerprint density at radius 1 is 1.50 bits per heavy atom. The first kappa shape index (κ1) is 12.8. The predicted octanol–water partition coefficient (Wildman–Crippen LogP) is 0.106. The van der Waals surface area contributed by atoms with Crippen molar-refractivity contribution in [2.24, 2.45) is 5.73 Å². The number of amides is 1. The Hall–Kier alpha value is -1.69. The lowest BCUT2D eigenvalue weighted by molar-refractivity contribution is 0.0821. The van der Waals surface area contributed by atoms with Gasteiger partial charge in [0.2, 0.25) is 0 Å². The van der Waals surface area contributed by atoms with Gasteiger partial charge >= 0.3 is 0 Å². The van der Waals surface area contributed by atoms with Crippen LogP contribution in [0.3, 0.4) is 0 Å². The fraction of sp³-hybridized carbons (Fsp3) is 0.583. The number of anilines is 1. The van der Waals surface area contributed by atoms with Crippen LogP contribution in [0.25, 0.3) is 0 Å². The van der Waals surface area contributed by atoms with Crippen molar-refractivity contribution in [3.8, 4) is 0 Å². The van der Waals surface area contributed by atoms with Crippen LogP contribution in [0.15, 0.2) is 12.1 Å². The Labute approximate surface area is 107 Å². The van der Waals surface area contributed by atoms with Crippen molar-refractivity contribution >= 4 is 11.7 Å². The minimum Gasteiger partial charge on any atom is -0.351 e. The third kappa shape index (κ3) is 2.43. The van der Waals surface area contributed by atoms with Crippen molar-refractivity contribution in [2.45, 2.75) is 18.9 Å². The molecule has 0 aromatic carbocycles. The Morgan fingerprint density at radius 2 is 2.28 bits per heavy atom. The fourth-order valence-electron chi connectivity index (χ4n) is 2.20. The summed E-state index contributed by atoms with van der Waals surface area (Å²) in [5.74, 6) is 0.670. The highest BCUT2D eigenvalue weighted by Gasteiger charge is 2.24. The minimum absolute atomic E-state index is 0.133. The van der Waals surface area contributed by atoms with Crippen LogP contribution in [-0.2, 0) is 0 Å². The number of hydrogen-bond acceptors (Lipinski definition) is 5. The lowest BCUT2D eigenvalue weighted by Crippen LogP contribution is -2.36. The number of aromatic nitrogens is 2. The van der Waals surface area contributed by atoms with Gasteiger partial charge in [0, 0.05) is 33.2 Å². The molecule has 2 heterocycles. The van der Waals surface area contributed by atoms with Crippen LogP contribution >= 0.6 is 0 Å². The van der Waals surface area contributed by atoms with Crippen molar-refractivity contribution in [2.75, 3.05) is 32.1 Å². The van der Waals surface area contributed by atoms with Crippen molar-refractivity contribution in [3.63, 3.8) is 0 Å². The maximum atomic E-state index is 11.7. The summed E-state index contributed by atoms with van der Waals surface area (Å²) in [6.45, 7) is 1.58. The highest BCUT2D eigenvalue weighted by molar-refractivity contribution is 5.91. The van der Waals surface area contributed by atoms with E-state index in [-0.39, 0.29) is 5.91 Å². The lowest BCUT2D eigenvalue weighted by Gasteiger charge is -2.23. The second-order valence-corrected chi connectivity index (χ2v) is 4.70. The van der Waals surface area contributed by atoms with Crippen LogP contribution in [0.1, 0.15) is 23.3 Å². The van der Waals surface area contributed by atoms with E-state index in [9.17, 15) is 4.79 Å². The molecule has 18 heavy (non-hydrogen) atoms. The Balaban J connectivity index is 2.15. The second-order valence-electron chi connectivity index (χ2n) is 4.70. The summed E-state index contributed by atoms with van der Waals surface area (Å²) in [6.07, 6.45) is 2.22. The van der Waals surface area contributed by atoms with E-state index in [0.29, 0.717) is 18.3 Å². The SMILES string of the molecule is CN(C)C(=O)c1ccc(N2CCCC2CN)nn1. The van der Waals surface area contributed by atoms with Crippen LogP contribution in [0.4, 0.5) is 5.82 Å². The molecule has 6 heteroatoms. The van der Waals surface area contributed by atoms with E-state index in [0.717, 1.165) is 25.2 Å². The van der Waals surface area contributed by atoms with E-state index in [2.05, 4.69) is 15.1 Å². The second kappa shape index (κ2) is 5.30. The number of carbonyl (C=O) groups is 1. The first-order valence-electron chi connectivity index (χ1n) is 6.15. The average Bonchev–Trinajstić information content (AvgIpc) is 2.86. The van der Waals surface area contributed by atoms with Gasteiger partial charge in [0.15, 0.2) is 11.5 Å². The van der Waals surface area contributed by atoms with E-state index < -0.39 is 0 Å². The van der Waals surface area contributed by atoms with Crippen LogP contribution in [0, 0.1) is 0 Å². The molecule has 1 aliphatic rings.